The molecule has 2 saturated heterocycles. The van der Waals surface area contributed by atoms with E-state index in [0.717, 1.165) is 12.1 Å². The minimum atomic E-state index is -4.64. The second-order valence-corrected chi connectivity index (χ2v) is 8.67. The van der Waals surface area contributed by atoms with Gasteiger partial charge in [0.05, 0.1) is 10.0 Å². The normalized spacial score (nSPS) is 23.0. The number of hydrogen-bond acceptors (Lipinski definition) is 4. The van der Waals surface area contributed by atoms with Crippen molar-refractivity contribution >= 4 is 40.7 Å². The van der Waals surface area contributed by atoms with Crippen LogP contribution in [0.4, 0.5) is 23.2 Å². The van der Waals surface area contributed by atoms with E-state index in [1.165, 1.54) is 29.2 Å². The van der Waals surface area contributed by atoms with Crippen LogP contribution in [0.1, 0.15) is 22.3 Å². The summed E-state index contributed by atoms with van der Waals surface area (Å²) in [5, 5.41) is 1.56. The molecule has 0 spiro atoms. The lowest BCUT2D eigenvalue weighted by atomic mass is 9.79. The Morgan fingerprint density at radius 1 is 1.18 bits per heavy atom. The molecule has 2 atom stereocenters. The number of nitrogens with zero attached hydrogens (tertiary/aromatic N) is 1. The predicted molar refractivity (Wildman–Crippen MR) is 113 cm³/mol. The monoisotopic (exact) mass is 505 g/mol. The van der Waals surface area contributed by atoms with Crippen LogP contribution in [0.25, 0.3) is 0 Å². The summed E-state index contributed by atoms with van der Waals surface area (Å²) in [4.78, 5) is 30.1. The van der Waals surface area contributed by atoms with Crippen molar-refractivity contribution in [1.82, 2.24) is 10.8 Å². The highest BCUT2D eigenvalue weighted by atomic mass is 35.5. The van der Waals surface area contributed by atoms with E-state index in [1.807, 2.05) is 0 Å². The van der Waals surface area contributed by atoms with Gasteiger partial charge in [0.1, 0.15) is 18.1 Å². The molecule has 2 N–H and O–H groups in total. The summed E-state index contributed by atoms with van der Waals surface area (Å²) in [5.74, 6) is -1.96. The number of rotatable bonds is 4. The topological polar surface area (TPSA) is 70.7 Å². The molecule has 2 fully saturated rings. The Bertz CT molecular complexity index is 1070. The van der Waals surface area contributed by atoms with Crippen LogP contribution in [-0.2, 0) is 15.0 Å². The minimum Gasteiger partial charge on any atom is -0.370 e. The lowest BCUT2D eigenvalue weighted by molar-refractivity contribution is -0.184. The third-order valence-electron chi connectivity index (χ3n) is 5.89. The quantitative estimate of drug-likeness (QED) is 0.486. The number of benzene rings is 2. The van der Waals surface area contributed by atoms with Crippen molar-refractivity contribution in [3.05, 3.63) is 63.4 Å². The molecule has 2 heterocycles. The van der Waals surface area contributed by atoms with E-state index in [-0.39, 0.29) is 30.7 Å². The van der Waals surface area contributed by atoms with Gasteiger partial charge in [-0.3, -0.25) is 14.4 Å². The average molecular weight is 506 g/mol. The zero-order chi connectivity index (χ0) is 24.0. The van der Waals surface area contributed by atoms with E-state index >= 15 is 0 Å². The van der Waals surface area contributed by atoms with Gasteiger partial charge in [-0.05, 0) is 48.4 Å². The third kappa shape index (κ3) is 4.34. The summed E-state index contributed by atoms with van der Waals surface area (Å²) in [6, 6.07) is 7.08. The van der Waals surface area contributed by atoms with Crippen LogP contribution in [0.2, 0.25) is 10.0 Å². The van der Waals surface area contributed by atoms with Crippen molar-refractivity contribution in [2.24, 2.45) is 0 Å². The summed E-state index contributed by atoms with van der Waals surface area (Å²) in [6.07, 6.45) is -4.93. The van der Waals surface area contributed by atoms with Crippen LogP contribution in [0, 0.1) is 5.82 Å². The highest BCUT2D eigenvalue weighted by Crippen LogP contribution is 2.49. The van der Waals surface area contributed by atoms with Crippen molar-refractivity contribution in [3.8, 4) is 0 Å². The zero-order valence-corrected chi connectivity index (χ0v) is 18.3. The molecule has 6 nitrogen and oxygen atoms in total. The number of anilines is 1. The SMILES string of the molecule is O=C(NC1CONC1=O)c1ccc(N2CCC(c3cc(Cl)c(F)c(Cl)c3)(C(F)(F)F)C2)cc1. The summed E-state index contributed by atoms with van der Waals surface area (Å²) >= 11 is 11.5. The van der Waals surface area contributed by atoms with Crippen LogP contribution in [0.3, 0.4) is 0 Å². The number of halogens is 6. The Hall–Kier alpha value is -2.56. The molecule has 12 heteroatoms. The van der Waals surface area contributed by atoms with E-state index in [0.29, 0.717) is 5.69 Å². The number of amides is 2. The molecule has 2 aromatic carbocycles. The molecule has 2 unspecified atom stereocenters. The second kappa shape index (κ2) is 8.66. The molecule has 176 valence electrons. The molecular formula is C21H17Cl2F4N3O3. The lowest BCUT2D eigenvalue weighted by Crippen LogP contribution is -2.45. The molecule has 0 aliphatic carbocycles. The smallest absolute Gasteiger partial charge is 0.370 e. The summed E-state index contributed by atoms with van der Waals surface area (Å²) < 4.78 is 56.5. The van der Waals surface area contributed by atoms with Gasteiger partial charge in [0.15, 0.2) is 5.82 Å². The first-order chi connectivity index (χ1) is 15.5. The first kappa shape index (κ1) is 23.6. The van der Waals surface area contributed by atoms with Crippen LogP contribution >= 0.6 is 23.2 Å². The molecule has 33 heavy (non-hydrogen) atoms. The fourth-order valence-electron chi connectivity index (χ4n) is 4.01. The maximum atomic E-state index is 14.2. The van der Waals surface area contributed by atoms with Gasteiger partial charge in [0.25, 0.3) is 11.8 Å². The number of alkyl halides is 3. The molecule has 2 aromatic rings. The summed E-state index contributed by atoms with van der Waals surface area (Å²) in [6.45, 7) is -0.370. The van der Waals surface area contributed by atoms with Crippen LogP contribution < -0.4 is 15.7 Å². The Morgan fingerprint density at radius 2 is 1.82 bits per heavy atom. The Labute approximate surface area is 195 Å². The molecular weight excluding hydrogens is 489 g/mol. The molecule has 2 amide bonds. The van der Waals surface area contributed by atoms with E-state index < -0.39 is 51.9 Å². The van der Waals surface area contributed by atoms with Crippen LogP contribution in [-0.4, -0.2) is 43.7 Å². The maximum absolute atomic E-state index is 14.2. The van der Waals surface area contributed by atoms with Crippen molar-refractivity contribution in [2.75, 3.05) is 24.6 Å². The number of nitrogens with one attached hydrogen (secondary N) is 2. The fraction of sp³-hybridized carbons (Fsp3) is 0.333. The molecule has 4 rings (SSSR count). The Kier molecular flexibility index (Phi) is 6.19. The van der Waals surface area contributed by atoms with E-state index in [4.69, 9.17) is 28.0 Å². The standard InChI is InChI=1S/C21H17Cl2F4N3O3/c22-14-7-12(8-15(23)17(14)24)20(21(25,26)27)5-6-30(10-20)13-3-1-11(2-4-13)18(31)28-16-9-33-29-19(16)32/h1-4,7-8,16H,5-6,9-10H2,(H,28,31)(H,29,32). The zero-order valence-electron chi connectivity index (χ0n) is 16.8. The molecule has 0 aromatic heterocycles. The number of hydroxylamine groups is 1. The highest BCUT2D eigenvalue weighted by molar-refractivity contribution is 6.35. The third-order valence-corrected chi connectivity index (χ3v) is 6.44. The average Bonchev–Trinajstić information content (AvgIpc) is 3.39. The van der Waals surface area contributed by atoms with Gasteiger partial charge in [0, 0.05) is 24.3 Å². The minimum absolute atomic E-state index is 0.00657. The van der Waals surface area contributed by atoms with Gasteiger partial charge in [-0.1, -0.05) is 23.2 Å². The van der Waals surface area contributed by atoms with Gasteiger partial charge in [-0.15, -0.1) is 0 Å². The largest absolute Gasteiger partial charge is 0.400 e. The number of hydrogen-bond donors (Lipinski definition) is 2. The first-order valence-electron chi connectivity index (χ1n) is 9.81. The van der Waals surface area contributed by atoms with Gasteiger partial charge < -0.3 is 10.2 Å². The molecule has 0 saturated carbocycles. The Balaban J connectivity index is 1.55. The van der Waals surface area contributed by atoms with Gasteiger partial charge in [-0.2, -0.15) is 13.2 Å². The second-order valence-electron chi connectivity index (χ2n) is 7.86. The predicted octanol–water partition coefficient (Wildman–Crippen LogP) is 4.00. The van der Waals surface area contributed by atoms with E-state index in [2.05, 4.69) is 10.8 Å². The molecule has 0 bridgehead atoms. The Morgan fingerprint density at radius 3 is 2.36 bits per heavy atom. The van der Waals surface area contributed by atoms with Crippen molar-refractivity contribution in [3.63, 3.8) is 0 Å². The van der Waals surface area contributed by atoms with Crippen LogP contribution in [0.5, 0.6) is 0 Å². The molecule has 0 radical (unpaired) electrons. The molecule has 2 aliphatic heterocycles. The van der Waals surface area contributed by atoms with Gasteiger partial charge >= 0.3 is 6.18 Å². The molecule has 2 aliphatic rings. The maximum Gasteiger partial charge on any atom is 0.400 e. The van der Waals surface area contributed by atoms with E-state index in [9.17, 15) is 27.2 Å². The van der Waals surface area contributed by atoms with Crippen LogP contribution in [0.15, 0.2) is 36.4 Å². The van der Waals surface area contributed by atoms with Crippen molar-refractivity contribution < 1.29 is 32.0 Å². The highest BCUT2D eigenvalue weighted by Gasteiger charge is 2.59. The van der Waals surface area contributed by atoms with Gasteiger partial charge in [0.2, 0.25) is 0 Å². The summed E-state index contributed by atoms with van der Waals surface area (Å²) in [7, 11) is 0. The first-order valence-corrected chi connectivity index (χ1v) is 10.6. The van der Waals surface area contributed by atoms with Crippen molar-refractivity contribution in [2.45, 2.75) is 24.1 Å². The summed E-state index contributed by atoms with van der Waals surface area (Å²) in [5.41, 5.74) is 0.332. The van der Waals surface area contributed by atoms with E-state index in [1.54, 1.807) is 0 Å². The fourth-order valence-corrected chi connectivity index (χ4v) is 4.50. The van der Waals surface area contributed by atoms with Crippen molar-refractivity contribution in [1.29, 1.82) is 0 Å². The van der Waals surface area contributed by atoms with Gasteiger partial charge in [-0.25, -0.2) is 9.87 Å². The number of carbonyl (C=O) groups is 2. The number of carbonyl (C=O) groups excluding carboxylic acids is 2. The lowest BCUT2D eigenvalue weighted by Gasteiger charge is -2.33.